The van der Waals surface area contributed by atoms with Gasteiger partial charge in [-0.25, -0.2) is 0 Å². The number of hydrogen-bond donors (Lipinski definition) is 2. The van der Waals surface area contributed by atoms with Crippen molar-refractivity contribution in [1.82, 2.24) is 10.2 Å². The third-order valence-corrected chi connectivity index (χ3v) is 3.87. The van der Waals surface area contributed by atoms with Crippen LogP contribution in [0.1, 0.15) is 25.8 Å². The molecule has 0 radical (unpaired) electrons. The van der Waals surface area contributed by atoms with Crippen molar-refractivity contribution in [3.8, 4) is 0 Å². The topological polar surface area (TPSA) is 75.4 Å². The summed E-state index contributed by atoms with van der Waals surface area (Å²) in [4.78, 5) is 26.1. The molecule has 2 rings (SSSR count). The largest absolute Gasteiger partial charge is 0.399 e. The SMILES string of the molecule is CC(C)C1C(=O)NCCN1C(=O)CCc1ccccc1N.Cl. The number of halogens is 1. The molecule has 2 amide bonds. The number of aryl methyl sites for hydroxylation is 1. The van der Waals surface area contributed by atoms with Crippen LogP contribution < -0.4 is 11.1 Å². The first-order valence-corrected chi connectivity index (χ1v) is 7.41. The number of nitrogen functional groups attached to an aromatic ring is 1. The zero-order valence-corrected chi connectivity index (χ0v) is 13.9. The standard InChI is InChI=1S/C16H23N3O2.ClH/c1-11(2)15-16(21)18-9-10-19(15)14(20)8-7-12-5-3-4-6-13(12)17;/h3-6,11,15H,7-10,17H2,1-2H3,(H,18,21);1H. The Bertz CT molecular complexity index is 534. The van der Waals surface area contributed by atoms with Gasteiger partial charge in [0.05, 0.1) is 0 Å². The molecule has 122 valence electrons. The summed E-state index contributed by atoms with van der Waals surface area (Å²) in [6.45, 7) is 5.04. The number of para-hydroxylation sites is 1. The van der Waals surface area contributed by atoms with Crippen molar-refractivity contribution in [2.24, 2.45) is 5.92 Å². The average molecular weight is 326 g/mol. The van der Waals surface area contributed by atoms with E-state index in [2.05, 4.69) is 5.32 Å². The van der Waals surface area contributed by atoms with Crippen molar-refractivity contribution in [2.75, 3.05) is 18.8 Å². The van der Waals surface area contributed by atoms with E-state index in [1.165, 1.54) is 0 Å². The van der Waals surface area contributed by atoms with Gasteiger partial charge in [-0.15, -0.1) is 12.4 Å². The maximum absolute atomic E-state index is 12.4. The fraction of sp³-hybridized carbons (Fsp3) is 0.500. The van der Waals surface area contributed by atoms with Crippen LogP contribution in [0.15, 0.2) is 24.3 Å². The molecule has 0 aromatic heterocycles. The number of nitrogens with zero attached hydrogens (tertiary/aromatic N) is 1. The second kappa shape index (κ2) is 8.03. The zero-order chi connectivity index (χ0) is 15.4. The van der Waals surface area contributed by atoms with Gasteiger partial charge in [-0.05, 0) is 24.0 Å². The molecule has 1 aromatic rings. The molecule has 5 nitrogen and oxygen atoms in total. The highest BCUT2D eigenvalue weighted by atomic mass is 35.5. The van der Waals surface area contributed by atoms with Gasteiger partial charge in [0, 0.05) is 25.2 Å². The van der Waals surface area contributed by atoms with E-state index in [0.29, 0.717) is 31.6 Å². The Morgan fingerprint density at radius 3 is 2.73 bits per heavy atom. The van der Waals surface area contributed by atoms with Gasteiger partial charge in [0.15, 0.2) is 0 Å². The molecule has 6 heteroatoms. The first-order chi connectivity index (χ1) is 10.0. The first-order valence-electron chi connectivity index (χ1n) is 7.41. The van der Waals surface area contributed by atoms with E-state index in [1.807, 2.05) is 38.1 Å². The van der Waals surface area contributed by atoms with Gasteiger partial charge in [-0.2, -0.15) is 0 Å². The van der Waals surface area contributed by atoms with Crippen molar-refractivity contribution in [3.63, 3.8) is 0 Å². The van der Waals surface area contributed by atoms with Crippen molar-refractivity contribution in [3.05, 3.63) is 29.8 Å². The number of benzene rings is 1. The molecule has 0 aliphatic carbocycles. The molecule has 1 heterocycles. The van der Waals surface area contributed by atoms with Crippen LogP contribution in [-0.2, 0) is 16.0 Å². The van der Waals surface area contributed by atoms with Crippen molar-refractivity contribution < 1.29 is 9.59 Å². The maximum atomic E-state index is 12.4. The summed E-state index contributed by atoms with van der Waals surface area (Å²) in [5.41, 5.74) is 7.58. The number of nitrogens with one attached hydrogen (secondary N) is 1. The van der Waals surface area contributed by atoms with E-state index in [0.717, 1.165) is 5.56 Å². The molecule has 1 aliphatic heterocycles. The molecule has 0 spiro atoms. The summed E-state index contributed by atoms with van der Waals surface area (Å²) in [6, 6.07) is 7.21. The Morgan fingerprint density at radius 2 is 2.09 bits per heavy atom. The molecule has 1 unspecified atom stereocenters. The molecular weight excluding hydrogens is 302 g/mol. The van der Waals surface area contributed by atoms with E-state index < -0.39 is 0 Å². The van der Waals surface area contributed by atoms with Gasteiger partial charge in [-0.1, -0.05) is 32.0 Å². The quantitative estimate of drug-likeness (QED) is 0.826. The summed E-state index contributed by atoms with van der Waals surface area (Å²) >= 11 is 0. The lowest BCUT2D eigenvalue weighted by molar-refractivity contribution is -0.145. The smallest absolute Gasteiger partial charge is 0.243 e. The highest BCUT2D eigenvalue weighted by Gasteiger charge is 2.34. The number of hydrogen-bond acceptors (Lipinski definition) is 3. The van der Waals surface area contributed by atoms with Gasteiger partial charge in [-0.3, -0.25) is 9.59 Å². The predicted molar refractivity (Wildman–Crippen MR) is 89.8 cm³/mol. The Morgan fingerprint density at radius 1 is 1.41 bits per heavy atom. The van der Waals surface area contributed by atoms with Crippen LogP contribution >= 0.6 is 12.4 Å². The summed E-state index contributed by atoms with van der Waals surface area (Å²) in [5.74, 6) is 0.0756. The second-order valence-corrected chi connectivity index (χ2v) is 5.77. The van der Waals surface area contributed by atoms with E-state index in [9.17, 15) is 9.59 Å². The molecule has 3 N–H and O–H groups in total. The van der Waals surface area contributed by atoms with E-state index in [1.54, 1.807) is 4.90 Å². The number of nitrogens with two attached hydrogens (primary N) is 1. The lowest BCUT2D eigenvalue weighted by atomic mass is 9.98. The molecule has 1 saturated heterocycles. The van der Waals surface area contributed by atoms with Gasteiger partial charge in [0.1, 0.15) is 6.04 Å². The van der Waals surface area contributed by atoms with Crippen LogP contribution in [-0.4, -0.2) is 35.8 Å². The third kappa shape index (κ3) is 4.13. The van der Waals surface area contributed by atoms with E-state index in [4.69, 9.17) is 5.73 Å². The minimum absolute atomic E-state index is 0. The molecular formula is C16H24ClN3O2. The molecule has 22 heavy (non-hydrogen) atoms. The number of carbonyl (C=O) groups is 2. The highest BCUT2D eigenvalue weighted by Crippen LogP contribution is 2.18. The monoisotopic (exact) mass is 325 g/mol. The van der Waals surface area contributed by atoms with Gasteiger partial charge in [0.25, 0.3) is 0 Å². The van der Waals surface area contributed by atoms with Crippen LogP contribution in [0.3, 0.4) is 0 Å². The Hall–Kier alpha value is -1.75. The highest BCUT2D eigenvalue weighted by molar-refractivity contribution is 5.89. The first kappa shape index (κ1) is 18.3. The van der Waals surface area contributed by atoms with Gasteiger partial charge >= 0.3 is 0 Å². The lowest BCUT2D eigenvalue weighted by Gasteiger charge is -2.37. The summed E-state index contributed by atoms with van der Waals surface area (Å²) < 4.78 is 0. The van der Waals surface area contributed by atoms with Crippen molar-refractivity contribution in [2.45, 2.75) is 32.7 Å². The molecule has 1 aliphatic rings. The summed E-state index contributed by atoms with van der Waals surface area (Å²) in [7, 11) is 0. The van der Waals surface area contributed by atoms with Crippen LogP contribution in [0.2, 0.25) is 0 Å². The molecule has 1 fully saturated rings. The zero-order valence-electron chi connectivity index (χ0n) is 13.0. The van der Waals surface area contributed by atoms with Gasteiger partial charge in [0.2, 0.25) is 11.8 Å². The number of anilines is 1. The van der Waals surface area contributed by atoms with Crippen molar-refractivity contribution in [1.29, 1.82) is 0 Å². The molecule has 0 saturated carbocycles. The van der Waals surface area contributed by atoms with E-state index >= 15 is 0 Å². The van der Waals surface area contributed by atoms with Crippen LogP contribution in [0.25, 0.3) is 0 Å². The maximum Gasteiger partial charge on any atom is 0.243 e. The van der Waals surface area contributed by atoms with Crippen LogP contribution in [0, 0.1) is 5.92 Å². The summed E-state index contributed by atoms with van der Waals surface area (Å²) in [6.07, 6.45) is 0.985. The number of piperazine rings is 1. The minimum Gasteiger partial charge on any atom is -0.399 e. The lowest BCUT2D eigenvalue weighted by Crippen LogP contribution is -2.59. The Kier molecular flexibility index (Phi) is 6.68. The molecule has 1 atom stereocenters. The van der Waals surface area contributed by atoms with Crippen LogP contribution in [0.5, 0.6) is 0 Å². The second-order valence-electron chi connectivity index (χ2n) is 5.77. The summed E-state index contributed by atoms with van der Waals surface area (Å²) in [5, 5.41) is 2.83. The molecule has 0 bridgehead atoms. The fourth-order valence-electron chi connectivity index (χ4n) is 2.77. The fourth-order valence-corrected chi connectivity index (χ4v) is 2.77. The average Bonchev–Trinajstić information content (AvgIpc) is 2.45. The van der Waals surface area contributed by atoms with Crippen LogP contribution in [0.4, 0.5) is 5.69 Å². The molecule has 1 aromatic carbocycles. The Balaban J connectivity index is 0.00000242. The van der Waals surface area contributed by atoms with Gasteiger partial charge < -0.3 is 16.0 Å². The van der Waals surface area contributed by atoms with E-state index in [-0.39, 0.29) is 36.2 Å². The number of rotatable bonds is 4. The Labute approximate surface area is 137 Å². The normalized spacial score (nSPS) is 17.9. The minimum atomic E-state index is -0.362. The number of carbonyl (C=O) groups excluding carboxylic acids is 2. The third-order valence-electron chi connectivity index (χ3n) is 3.87. The van der Waals surface area contributed by atoms with Crippen molar-refractivity contribution >= 4 is 29.9 Å². The predicted octanol–water partition coefficient (Wildman–Crippen LogP) is 1.61. The number of amides is 2.